The first-order valence-electron chi connectivity index (χ1n) is 7.48. The Balaban J connectivity index is 1.79. The zero-order valence-corrected chi connectivity index (χ0v) is 13.6. The molecule has 122 valence electrons. The number of phenolic OH excluding ortho intramolecular Hbond substituents is 1. The second kappa shape index (κ2) is 7.27. The van der Waals surface area contributed by atoms with Crippen LogP contribution >= 0.6 is 11.3 Å². The van der Waals surface area contributed by atoms with Crippen molar-refractivity contribution in [1.29, 1.82) is 0 Å². The normalized spacial score (nSPS) is 11.9. The van der Waals surface area contributed by atoms with Crippen LogP contribution in [0.4, 0.5) is 4.39 Å². The predicted molar refractivity (Wildman–Crippen MR) is 92.5 cm³/mol. The van der Waals surface area contributed by atoms with Crippen molar-refractivity contribution in [3.05, 3.63) is 87.9 Å². The minimum Gasteiger partial charge on any atom is -0.508 e. The highest BCUT2D eigenvalue weighted by Crippen LogP contribution is 2.26. The Labute approximate surface area is 143 Å². The van der Waals surface area contributed by atoms with Crippen LogP contribution in [-0.4, -0.2) is 11.0 Å². The molecule has 0 spiro atoms. The largest absolute Gasteiger partial charge is 0.508 e. The fourth-order valence-corrected chi connectivity index (χ4v) is 3.30. The Morgan fingerprint density at radius 3 is 2.58 bits per heavy atom. The van der Waals surface area contributed by atoms with Gasteiger partial charge in [-0.3, -0.25) is 4.79 Å². The van der Waals surface area contributed by atoms with Gasteiger partial charge < -0.3 is 10.4 Å². The van der Waals surface area contributed by atoms with Gasteiger partial charge in [-0.25, -0.2) is 4.39 Å². The number of hydrogen-bond donors (Lipinski definition) is 2. The molecule has 3 nitrogen and oxygen atoms in total. The Morgan fingerprint density at radius 1 is 1.12 bits per heavy atom. The summed E-state index contributed by atoms with van der Waals surface area (Å²) in [5.74, 6) is -0.341. The number of aromatic hydroxyl groups is 1. The van der Waals surface area contributed by atoms with Gasteiger partial charge in [-0.15, -0.1) is 11.3 Å². The van der Waals surface area contributed by atoms with E-state index in [1.807, 2.05) is 17.5 Å². The second-order valence-electron chi connectivity index (χ2n) is 5.41. The first-order chi connectivity index (χ1) is 11.6. The number of carbonyl (C=O) groups excluding carboxylic acids is 1. The van der Waals surface area contributed by atoms with Gasteiger partial charge in [-0.05, 0) is 46.8 Å². The highest BCUT2D eigenvalue weighted by molar-refractivity contribution is 7.10. The lowest BCUT2D eigenvalue weighted by Gasteiger charge is -2.18. The van der Waals surface area contributed by atoms with Gasteiger partial charge in [0.15, 0.2) is 0 Å². The lowest BCUT2D eigenvalue weighted by Crippen LogP contribution is -2.30. The molecule has 3 aromatic rings. The van der Waals surface area contributed by atoms with E-state index in [0.717, 1.165) is 16.0 Å². The molecule has 0 bridgehead atoms. The molecule has 3 rings (SSSR count). The number of hydrogen-bond acceptors (Lipinski definition) is 3. The first kappa shape index (κ1) is 16.2. The lowest BCUT2D eigenvalue weighted by atomic mass is 10.0. The monoisotopic (exact) mass is 341 g/mol. The van der Waals surface area contributed by atoms with Crippen LogP contribution in [0.1, 0.15) is 22.0 Å². The van der Waals surface area contributed by atoms with E-state index < -0.39 is 0 Å². The van der Waals surface area contributed by atoms with Crippen molar-refractivity contribution < 1.29 is 14.3 Å². The van der Waals surface area contributed by atoms with Gasteiger partial charge in [0.1, 0.15) is 11.6 Å². The van der Waals surface area contributed by atoms with E-state index in [1.165, 1.54) is 23.5 Å². The van der Waals surface area contributed by atoms with E-state index in [1.54, 1.807) is 36.4 Å². The average Bonchev–Trinajstić information content (AvgIpc) is 3.08. The van der Waals surface area contributed by atoms with Gasteiger partial charge in [0.05, 0.1) is 12.5 Å². The molecule has 1 amide bonds. The molecule has 24 heavy (non-hydrogen) atoms. The third-order valence-corrected chi connectivity index (χ3v) is 4.55. The number of thiophene rings is 1. The number of amides is 1. The van der Waals surface area contributed by atoms with Gasteiger partial charge in [0.25, 0.3) is 0 Å². The zero-order valence-electron chi connectivity index (χ0n) is 12.8. The second-order valence-corrected chi connectivity index (χ2v) is 6.39. The zero-order chi connectivity index (χ0) is 16.9. The van der Waals surface area contributed by atoms with Crippen LogP contribution in [0.5, 0.6) is 5.75 Å². The molecule has 1 heterocycles. The van der Waals surface area contributed by atoms with Crippen molar-refractivity contribution in [3.8, 4) is 5.75 Å². The van der Waals surface area contributed by atoms with Gasteiger partial charge >= 0.3 is 0 Å². The number of phenols is 1. The molecular weight excluding hydrogens is 325 g/mol. The maximum atomic E-state index is 13.2. The number of halogens is 1. The summed E-state index contributed by atoms with van der Waals surface area (Å²) in [5, 5.41) is 14.4. The quantitative estimate of drug-likeness (QED) is 0.736. The molecule has 0 aliphatic rings. The van der Waals surface area contributed by atoms with Crippen molar-refractivity contribution in [2.75, 3.05) is 0 Å². The van der Waals surface area contributed by atoms with E-state index in [4.69, 9.17) is 0 Å². The standard InChI is InChI=1S/C19H16FNO2S/c20-15-8-6-14(7-9-15)19(17-5-2-10-24-17)21-18(23)12-13-3-1-4-16(22)11-13/h1-11,19,22H,12H2,(H,21,23)/t19-/m0/s1. The molecule has 0 fully saturated rings. The summed E-state index contributed by atoms with van der Waals surface area (Å²) in [6.07, 6.45) is 0.164. The van der Waals surface area contributed by atoms with Crippen molar-refractivity contribution >= 4 is 17.2 Å². The van der Waals surface area contributed by atoms with E-state index in [-0.39, 0.29) is 29.9 Å². The molecule has 2 aromatic carbocycles. The smallest absolute Gasteiger partial charge is 0.225 e. The molecule has 0 aliphatic heterocycles. The van der Waals surface area contributed by atoms with Crippen LogP contribution in [-0.2, 0) is 11.2 Å². The number of rotatable bonds is 5. The SMILES string of the molecule is O=C(Cc1cccc(O)c1)N[C@@H](c1ccc(F)cc1)c1cccs1. The van der Waals surface area contributed by atoms with Crippen molar-refractivity contribution in [1.82, 2.24) is 5.32 Å². The van der Waals surface area contributed by atoms with Crippen molar-refractivity contribution in [3.63, 3.8) is 0 Å². The van der Waals surface area contributed by atoms with Crippen LogP contribution < -0.4 is 5.32 Å². The third kappa shape index (κ3) is 4.00. The fourth-order valence-electron chi connectivity index (χ4n) is 2.49. The first-order valence-corrected chi connectivity index (χ1v) is 8.36. The topological polar surface area (TPSA) is 49.3 Å². The number of carbonyl (C=O) groups is 1. The van der Waals surface area contributed by atoms with Crippen molar-refractivity contribution in [2.45, 2.75) is 12.5 Å². The molecule has 0 saturated carbocycles. The maximum Gasteiger partial charge on any atom is 0.225 e. The van der Waals surface area contributed by atoms with Crippen LogP contribution in [0.15, 0.2) is 66.0 Å². The predicted octanol–water partition coefficient (Wildman–Crippen LogP) is 4.04. The molecular formula is C19H16FNO2S. The molecule has 0 radical (unpaired) electrons. The Bertz CT molecular complexity index is 816. The van der Waals surface area contributed by atoms with Gasteiger partial charge in [-0.2, -0.15) is 0 Å². The van der Waals surface area contributed by atoms with E-state index in [2.05, 4.69) is 5.32 Å². The van der Waals surface area contributed by atoms with E-state index in [9.17, 15) is 14.3 Å². The highest BCUT2D eigenvalue weighted by atomic mass is 32.1. The Morgan fingerprint density at radius 2 is 1.92 bits per heavy atom. The lowest BCUT2D eigenvalue weighted by molar-refractivity contribution is -0.120. The van der Waals surface area contributed by atoms with E-state index in [0.29, 0.717) is 0 Å². The highest BCUT2D eigenvalue weighted by Gasteiger charge is 2.18. The van der Waals surface area contributed by atoms with E-state index >= 15 is 0 Å². The van der Waals surface area contributed by atoms with Crippen LogP contribution in [0.3, 0.4) is 0 Å². The summed E-state index contributed by atoms with van der Waals surface area (Å²) >= 11 is 1.53. The molecule has 1 aromatic heterocycles. The molecule has 0 unspecified atom stereocenters. The molecule has 1 atom stereocenters. The van der Waals surface area contributed by atoms with Gasteiger partial charge in [-0.1, -0.05) is 30.3 Å². The summed E-state index contributed by atoms with van der Waals surface area (Å²) in [6, 6.07) is 16.3. The fraction of sp³-hybridized carbons (Fsp3) is 0.105. The molecule has 5 heteroatoms. The summed E-state index contributed by atoms with van der Waals surface area (Å²) in [4.78, 5) is 13.4. The van der Waals surface area contributed by atoms with Gasteiger partial charge in [0.2, 0.25) is 5.91 Å². The summed E-state index contributed by atoms with van der Waals surface area (Å²) < 4.78 is 13.2. The third-order valence-electron chi connectivity index (χ3n) is 3.61. The Kier molecular flexibility index (Phi) is 4.91. The number of nitrogens with one attached hydrogen (secondary N) is 1. The summed E-state index contributed by atoms with van der Waals surface area (Å²) in [5.41, 5.74) is 1.56. The minimum atomic E-state index is -0.324. The van der Waals surface area contributed by atoms with Gasteiger partial charge in [0, 0.05) is 4.88 Å². The average molecular weight is 341 g/mol. The van der Waals surface area contributed by atoms with Crippen molar-refractivity contribution in [2.24, 2.45) is 0 Å². The summed E-state index contributed by atoms with van der Waals surface area (Å²) in [6.45, 7) is 0. The van der Waals surface area contributed by atoms with Crippen LogP contribution in [0.2, 0.25) is 0 Å². The minimum absolute atomic E-state index is 0.133. The molecule has 2 N–H and O–H groups in total. The Hall–Kier alpha value is -2.66. The number of benzene rings is 2. The summed E-state index contributed by atoms with van der Waals surface area (Å²) in [7, 11) is 0. The maximum absolute atomic E-state index is 13.2. The van der Waals surface area contributed by atoms with Crippen LogP contribution in [0.25, 0.3) is 0 Å². The molecule has 0 saturated heterocycles. The van der Waals surface area contributed by atoms with Crippen LogP contribution in [0, 0.1) is 5.82 Å². The molecule has 0 aliphatic carbocycles.